The van der Waals surface area contributed by atoms with Gasteiger partial charge in [0.15, 0.2) is 0 Å². The van der Waals surface area contributed by atoms with Gasteiger partial charge >= 0.3 is 5.97 Å². The Hall–Kier alpha value is -2.44. The van der Waals surface area contributed by atoms with Crippen LogP contribution in [0.3, 0.4) is 0 Å². The van der Waals surface area contributed by atoms with Gasteiger partial charge in [-0.3, -0.25) is 9.59 Å². The summed E-state index contributed by atoms with van der Waals surface area (Å²) in [5.74, 6) is -0.0510. The average Bonchev–Trinajstić information content (AvgIpc) is 3.67. The zero-order chi connectivity index (χ0) is 64.2. The Morgan fingerprint density at radius 3 is 0.865 bits per heavy atom. The zero-order valence-electron chi connectivity index (χ0n) is 59.9. The number of carbonyl (C=O) groups excluding carboxylic acids is 2. The normalized spacial score (nSPS) is 12.8. The van der Waals surface area contributed by atoms with Crippen LogP contribution in [-0.4, -0.2) is 47.4 Å². The predicted octanol–water partition coefficient (Wildman–Crippen LogP) is 26.5. The van der Waals surface area contributed by atoms with Crippen molar-refractivity contribution in [3.63, 3.8) is 0 Å². The Morgan fingerprint density at radius 2 is 0.562 bits per heavy atom. The minimum Gasteiger partial charge on any atom is -0.466 e. The van der Waals surface area contributed by atoms with Gasteiger partial charge in [0.05, 0.1) is 25.4 Å². The summed E-state index contributed by atoms with van der Waals surface area (Å²) < 4.78 is 5.51. The Morgan fingerprint density at radius 1 is 0.315 bits per heavy atom. The van der Waals surface area contributed by atoms with Crippen molar-refractivity contribution in [3.05, 3.63) is 60.8 Å². The van der Waals surface area contributed by atoms with E-state index in [9.17, 15) is 19.8 Å². The summed E-state index contributed by atoms with van der Waals surface area (Å²) >= 11 is 0. The van der Waals surface area contributed by atoms with E-state index in [1.54, 1.807) is 6.08 Å². The molecule has 0 aliphatic carbocycles. The molecule has 0 aromatic carbocycles. The van der Waals surface area contributed by atoms with Crippen LogP contribution in [0.15, 0.2) is 60.8 Å². The van der Waals surface area contributed by atoms with E-state index in [-0.39, 0.29) is 18.5 Å². The highest BCUT2D eigenvalue weighted by Gasteiger charge is 2.18. The van der Waals surface area contributed by atoms with Crippen molar-refractivity contribution < 1.29 is 24.5 Å². The minimum atomic E-state index is -0.844. The van der Waals surface area contributed by atoms with E-state index in [0.29, 0.717) is 19.4 Å². The SMILES string of the molecule is CCCCCC/C=C\C/C=C\CCCCCCCCCC(=O)OCCCCCCCCCCCCCCC/C=C\C/C=C\CCCCCCCCCCCCCCCCCCCC(=O)NC(CO)C(O)/C=C/CCCCCCCCCCCCCCCCC. The quantitative estimate of drug-likeness (QED) is 0.0320. The van der Waals surface area contributed by atoms with Gasteiger partial charge < -0.3 is 20.3 Å². The van der Waals surface area contributed by atoms with Crippen LogP contribution in [0.5, 0.6) is 0 Å². The van der Waals surface area contributed by atoms with Gasteiger partial charge in [0.1, 0.15) is 0 Å². The zero-order valence-corrected chi connectivity index (χ0v) is 59.9. The van der Waals surface area contributed by atoms with E-state index in [2.05, 4.69) is 67.8 Å². The number of ether oxygens (including phenoxy) is 1. The van der Waals surface area contributed by atoms with Crippen LogP contribution in [0.1, 0.15) is 431 Å². The van der Waals surface area contributed by atoms with Gasteiger partial charge in [-0.2, -0.15) is 0 Å². The molecule has 0 heterocycles. The third kappa shape index (κ3) is 74.5. The molecule has 89 heavy (non-hydrogen) atoms. The van der Waals surface area contributed by atoms with E-state index >= 15 is 0 Å². The van der Waals surface area contributed by atoms with Gasteiger partial charge in [0.25, 0.3) is 0 Å². The van der Waals surface area contributed by atoms with Gasteiger partial charge in [-0.1, -0.05) is 383 Å². The monoisotopic (exact) mass is 1250 g/mol. The van der Waals surface area contributed by atoms with Crippen LogP contribution in [-0.2, 0) is 14.3 Å². The number of aliphatic hydroxyl groups is 2. The van der Waals surface area contributed by atoms with Gasteiger partial charge in [-0.15, -0.1) is 0 Å². The van der Waals surface area contributed by atoms with Crippen molar-refractivity contribution in [3.8, 4) is 0 Å². The third-order valence-electron chi connectivity index (χ3n) is 18.5. The number of esters is 1. The van der Waals surface area contributed by atoms with Gasteiger partial charge in [0.2, 0.25) is 5.91 Å². The molecule has 0 aliphatic heterocycles. The smallest absolute Gasteiger partial charge is 0.305 e. The topological polar surface area (TPSA) is 95.9 Å². The summed E-state index contributed by atoms with van der Waals surface area (Å²) in [5.41, 5.74) is 0. The highest BCUT2D eigenvalue weighted by atomic mass is 16.5. The summed E-state index contributed by atoms with van der Waals surface area (Å²) in [6, 6.07) is -0.627. The van der Waals surface area contributed by atoms with Crippen molar-refractivity contribution in [1.29, 1.82) is 0 Å². The molecular weight excluding hydrogens is 1090 g/mol. The first kappa shape index (κ1) is 86.6. The maximum Gasteiger partial charge on any atom is 0.305 e. The van der Waals surface area contributed by atoms with Crippen molar-refractivity contribution in [1.82, 2.24) is 5.32 Å². The maximum absolute atomic E-state index is 12.5. The van der Waals surface area contributed by atoms with Crippen molar-refractivity contribution >= 4 is 11.9 Å². The average molecular weight is 1250 g/mol. The van der Waals surface area contributed by atoms with Gasteiger partial charge in [-0.25, -0.2) is 0 Å². The Labute approximate surface area is 556 Å². The van der Waals surface area contributed by atoms with E-state index in [0.717, 1.165) is 57.8 Å². The molecule has 3 N–H and O–H groups in total. The number of nitrogens with one attached hydrogen (secondary N) is 1. The molecular formula is C83H155NO5. The lowest BCUT2D eigenvalue weighted by atomic mass is 10.0. The number of hydrogen-bond donors (Lipinski definition) is 3. The highest BCUT2D eigenvalue weighted by Crippen LogP contribution is 2.19. The lowest BCUT2D eigenvalue weighted by molar-refractivity contribution is -0.143. The van der Waals surface area contributed by atoms with Crippen LogP contribution in [0.4, 0.5) is 0 Å². The molecule has 2 atom stereocenters. The Balaban J connectivity index is 3.38. The first-order valence-corrected chi connectivity index (χ1v) is 40.1. The fraction of sp³-hybridized carbons (Fsp3) is 0.855. The van der Waals surface area contributed by atoms with E-state index in [1.165, 1.54) is 347 Å². The molecule has 0 saturated heterocycles. The van der Waals surface area contributed by atoms with Gasteiger partial charge in [0, 0.05) is 12.8 Å². The fourth-order valence-electron chi connectivity index (χ4n) is 12.4. The molecule has 0 saturated carbocycles. The van der Waals surface area contributed by atoms with E-state index < -0.39 is 12.1 Å². The number of hydrogen-bond acceptors (Lipinski definition) is 5. The molecule has 0 bridgehead atoms. The number of aliphatic hydroxyl groups excluding tert-OH is 2. The molecule has 0 rings (SSSR count). The first-order chi connectivity index (χ1) is 44.0. The van der Waals surface area contributed by atoms with Crippen LogP contribution in [0.25, 0.3) is 0 Å². The summed E-state index contributed by atoms with van der Waals surface area (Å²) in [4.78, 5) is 24.6. The molecule has 0 radical (unpaired) electrons. The summed E-state index contributed by atoms with van der Waals surface area (Å²) in [6.45, 7) is 4.92. The summed E-state index contributed by atoms with van der Waals surface area (Å²) in [7, 11) is 0. The lowest BCUT2D eigenvalue weighted by Crippen LogP contribution is -2.45. The number of rotatable bonds is 75. The predicted molar refractivity (Wildman–Crippen MR) is 393 cm³/mol. The molecule has 6 heteroatoms. The van der Waals surface area contributed by atoms with Crippen molar-refractivity contribution in [2.24, 2.45) is 0 Å². The molecule has 0 fully saturated rings. The van der Waals surface area contributed by atoms with Crippen LogP contribution in [0, 0.1) is 0 Å². The Bertz CT molecular complexity index is 1530. The van der Waals surface area contributed by atoms with E-state index in [1.807, 2.05) is 6.08 Å². The molecule has 1 amide bonds. The van der Waals surface area contributed by atoms with E-state index in [4.69, 9.17) is 4.74 Å². The summed E-state index contributed by atoms with van der Waals surface area (Å²) in [6.07, 6.45) is 105. The molecule has 6 nitrogen and oxygen atoms in total. The largest absolute Gasteiger partial charge is 0.466 e. The van der Waals surface area contributed by atoms with Crippen LogP contribution >= 0.6 is 0 Å². The molecule has 0 aromatic heterocycles. The minimum absolute atomic E-state index is 0.0114. The second-order valence-electron chi connectivity index (χ2n) is 27.4. The number of unbranched alkanes of at least 4 members (excludes halogenated alkanes) is 56. The standard InChI is InChI=1S/C83H155NO5/c1-3-5-7-9-11-13-15-17-19-21-45-49-53-57-61-65-69-73-77-83(88)89-78-74-70-66-62-58-54-50-46-42-40-38-36-34-32-30-28-26-24-22-23-25-27-29-31-33-35-37-39-41-44-48-52-56-60-64-68-72-76-82(87)84-80(79-85)81(86)75-71-67-63-59-55-51-47-43-20-18-16-14-12-10-8-6-4-2/h13,15,19,21-22,24,28,30,71,75,80-81,85-86H,3-12,14,16-18,20,23,25-27,29,31-70,72-74,76-79H2,1-2H3,(H,84,87)/b15-13-,21-19-,24-22-,30-28-,75-71+. The highest BCUT2D eigenvalue weighted by molar-refractivity contribution is 5.76. The first-order valence-electron chi connectivity index (χ1n) is 40.1. The number of allylic oxidation sites excluding steroid dienone is 9. The van der Waals surface area contributed by atoms with Gasteiger partial charge in [-0.05, 0) is 96.3 Å². The van der Waals surface area contributed by atoms with Crippen LogP contribution in [0.2, 0.25) is 0 Å². The second kappa shape index (κ2) is 78.0. The summed E-state index contributed by atoms with van der Waals surface area (Å²) in [5, 5.41) is 23.2. The second-order valence-corrected chi connectivity index (χ2v) is 27.4. The van der Waals surface area contributed by atoms with Crippen molar-refractivity contribution in [2.45, 2.75) is 443 Å². The molecule has 0 aliphatic rings. The molecule has 0 spiro atoms. The molecule has 522 valence electrons. The number of amides is 1. The lowest BCUT2D eigenvalue weighted by Gasteiger charge is -2.20. The fourth-order valence-corrected chi connectivity index (χ4v) is 12.4. The maximum atomic E-state index is 12.5. The van der Waals surface area contributed by atoms with Crippen molar-refractivity contribution in [2.75, 3.05) is 13.2 Å². The third-order valence-corrected chi connectivity index (χ3v) is 18.5. The van der Waals surface area contributed by atoms with Crippen LogP contribution < -0.4 is 5.32 Å². The number of carbonyl (C=O) groups is 2. The molecule has 0 aromatic rings. The molecule has 2 unspecified atom stereocenters. The Kier molecular flexibility index (Phi) is 75.9.